The molecule has 0 atom stereocenters. The van der Waals surface area contributed by atoms with Crippen LogP contribution in [0.5, 0.6) is 0 Å². The first-order chi connectivity index (χ1) is 9.20. The predicted molar refractivity (Wildman–Crippen MR) is 71.9 cm³/mol. The van der Waals surface area contributed by atoms with E-state index in [1.165, 1.54) is 24.4 Å². The van der Waals surface area contributed by atoms with Crippen molar-refractivity contribution < 1.29 is 9.53 Å². The highest BCUT2D eigenvalue weighted by Crippen LogP contribution is 2.10. The number of aryl methyl sites for hydroxylation is 1. The number of methoxy groups -OCH3 is 1. The number of hydrogen-bond donors (Lipinski definition) is 1. The Bertz CT molecular complexity index is 584. The molecule has 2 rings (SSSR count). The molecule has 0 aliphatic heterocycles. The van der Waals surface area contributed by atoms with Crippen LogP contribution >= 0.6 is 0 Å². The second-order valence-electron chi connectivity index (χ2n) is 4.06. The number of aromatic nitrogens is 2. The van der Waals surface area contributed by atoms with Crippen LogP contribution in [0.4, 0.5) is 5.82 Å². The monoisotopic (exact) mass is 257 g/mol. The highest BCUT2D eigenvalue weighted by Gasteiger charge is 2.08. The average molecular weight is 257 g/mol. The quantitative estimate of drug-likeness (QED) is 0.850. The van der Waals surface area contributed by atoms with Gasteiger partial charge in [0.1, 0.15) is 5.82 Å². The fourth-order valence-electron chi connectivity index (χ4n) is 1.65. The summed E-state index contributed by atoms with van der Waals surface area (Å²) in [7, 11) is 1.32. The third kappa shape index (κ3) is 3.28. The van der Waals surface area contributed by atoms with Crippen molar-refractivity contribution >= 4 is 11.8 Å². The van der Waals surface area contributed by atoms with Crippen LogP contribution in [0.25, 0.3) is 0 Å². The van der Waals surface area contributed by atoms with Gasteiger partial charge in [0.05, 0.1) is 19.5 Å². The summed E-state index contributed by atoms with van der Waals surface area (Å²) in [6.45, 7) is 2.68. The molecule has 0 bridgehead atoms. The summed E-state index contributed by atoms with van der Waals surface area (Å²) in [6.07, 6.45) is 2.95. The first kappa shape index (κ1) is 13.0. The number of benzene rings is 1. The van der Waals surface area contributed by atoms with Gasteiger partial charge in [-0.25, -0.2) is 9.78 Å². The van der Waals surface area contributed by atoms with Gasteiger partial charge in [0, 0.05) is 6.54 Å². The molecule has 0 aliphatic rings. The zero-order valence-corrected chi connectivity index (χ0v) is 10.9. The summed E-state index contributed by atoms with van der Waals surface area (Å²) in [5.41, 5.74) is 2.57. The van der Waals surface area contributed by atoms with Gasteiger partial charge in [0.15, 0.2) is 5.69 Å². The Morgan fingerprint density at radius 1 is 1.32 bits per heavy atom. The van der Waals surface area contributed by atoms with E-state index in [0.717, 1.165) is 0 Å². The van der Waals surface area contributed by atoms with E-state index < -0.39 is 5.97 Å². The van der Waals surface area contributed by atoms with Crippen molar-refractivity contribution in [2.45, 2.75) is 13.5 Å². The molecule has 5 nitrogen and oxygen atoms in total. The first-order valence-electron chi connectivity index (χ1n) is 5.89. The van der Waals surface area contributed by atoms with Gasteiger partial charge in [-0.2, -0.15) is 0 Å². The fraction of sp³-hybridized carbons (Fsp3) is 0.214. The summed E-state index contributed by atoms with van der Waals surface area (Å²) in [6, 6.07) is 8.07. The Morgan fingerprint density at radius 2 is 2.11 bits per heavy atom. The van der Waals surface area contributed by atoms with Crippen molar-refractivity contribution in [1.82, 2.24) is 9.97 Å². The van der Waals surface area contributed by atoms with Crippen molar-refractivity contribution in [3.8, 4) is 0 Å². The molecule has 0 saturated carbocycles. The molecule has 0 radical (unpaired) electrons. The molecule has 5 heteroatoms. The van der Waals surface area contributed by atoms with E-state index in [0.29, 0.717) is 12.4 Å². The van der Waals surface area contributed by atoms with Crippen LogP contribution in [-0.2, 0) is 11.3 Å². The smallest absolute Gasteiger partial charge is 0.358 e. The number of carbonyl (C=O) groups is 1. The highest BCUT2D eigenvalue weighted by molar-refractivity contribution is 5.87. The molecule has 2 aromatic rings. The number of nitrogens with one attached hydrogen (secondary N) is 1. The number of rotatable bonds is 4. The Kier molecular flexibility index (Phi) is 4.07. The number of hydrogen-bond acceptors (Lipinski definition) is 5. The predicted octanol–water partition coefficient (Wildman–Crippen LogP) is 2.18. The average Bonchev–Trinajstić information content (AvgIpc) is 2.46. The maximum atomic E-state index is 11.3. The van der Waals surface area contributed by atoms with Crippen molar-refractivity contribution in [3.63, 3.8) is 0 Å². The molecule has 19 heavy (non-hydrogen) atoms. The first-order valence-corrected chi connectivity index (χ1v) is 5.89. The lowest BCUT2D eigenvalue weighted by molar-refractivity contribution is 0.0593. The van der Waals surface area contributed by atoms with E-state index in [-0.39, 0.29) is 5.69 Å². The molecule has 0 spiro atoms. The van der Waals surface area contributed by atoms with E-state index in [9.17, 15) is 4.79 Å². The Labute approximate surface area is 111 Å². The SMILES string of the molecule is COC(=O)c1cncc(NCc2ccccc2C)n1. The van der Waals surface area contributed by atoms with E-state index in [1.54, 1.807) is 6.20 Å². The van der Waals surface area contributed by atoms with E-state index >= 15 is 0 Å². The highest BCUT2D eigenvalue weighted by atomic mass is 16.5. The molecule has 0 unspecified atom stereocenters. The Balaban J connectivity index is 2.08. The molecular formula is C14H15N3O2. The zero-order valence-electron chi connectivity index (χ0n) is 10.9. The van der Waals surface area contributed by atoms with Gasteiger partial charge in [-0.1, -0.05) is 24.3 Å². The molecule has 98 valence electrons. The number of anilines is 1. The molecular weight excluding hydrogens is 242 g/mol. The molecule has 1 heterocycles. The zero-order chi connectivity index (χ0) is 13.7. The third-order valence-electron chi connectivity index (χ3n) is 2.75. The molecule has 0 saturated heterocycles. The topological polar surface area (TPSA) is 64.1 Å². The minimum absolute atomic E-state index is 0.192. The molecule has 1 N–H and O–H groups in total. The van der Waals surface area contributed by atoms with Gasteiger partial charge >= 0.3 is 5.97 Å². The van der Waals surface area contributed by atoms with Crippen LogP contribution in [0.3, 0.4) is 0 Å². The van der Waals surface area contributed by atoms with Crippen molar-refractivity contribution in [2.75, 3.05) is 12.4 Å². The van der Waals surface area contributed by atoms with Crippen LogP contribution in [0.1, 0.15) is 21.6 Å². The minimum atomic E-state index is -0.493. The van der Waals surface area contributed by atoms with Crippen LogP contribution in [0.2, 0.25) is 0 Å². The molecule has 1 aromatic carbocycles. The fourth-order valence-corrected chi connectivity index (χ4v) is 1.65. The summed E-state index contributed by atoms with van der Waals surface area (Å²) < 4.78 is 4.60. The summed E-state index contributed by atoms with van der Waals surface area (Å²) in [4.78, 5) is 19.4. The largest absolute Gasteiger partial charge is 0.464 e. The maximum Gasteiger partial charge on any atom is 0.358 e. The second-order valence-corrected chi connectivity index (χ2v) is 4.06. The van der Waals surface area contributed by atoms with Gasteiger partial charge in [-0.3, -0.25) is 4.98 Å². The van der Waals surface area contributed by atoms with Crippen LogP contribution in [0, 0.1) is 6.92 Å². The number of esters is 1. The molecule has 0 fully saturated rings. The third-order valence-corrected chi connectivity index (χ3v) is 2.75. The summed E-state index contributed by atoms with van der Waals surface area (Å²) in [5.74, 6) is 0.0539. The Hall–Kier alpha value is -2.43. The Morgan fingerprint density at radius 3 is 2.84 bits per heavy atom. The lowest BCUT2D eigenvalue weighted by Crippen LogP contribution is -2.09. The van der Waals surface area contributed by atoms with Crippen LogP contribution in [0.15, 0.2) is 36.7 Å². The van der Waals surface area contributed by atoms with Gasteiger partial charge in [0.2, 0.25) is 0 Å². The van der Waals surface area contributed by atoms with E-state index in [4.69, 9.17) is 0 Å². The lowest BCUT2D eigenvalue weighted by Gasteiger charge is -2.08. The standard InChI is InChI=1S/C14H15N3O2/c1-10-5-3-4-6-11(10)7-16-13-9-15-8-12(17-13)14(18)19-2/h3-6,8-9H,7H2,1-2H3,(H,16,17). The number of nitrogens with zero attached hydrogens (tertiary/aromatic N) is 2. The molecule has 0 aliphatic carbocycles. The van der Waals surface area contributed by atoms with Gasteiger partial charge in [0.25, 0.3) is 0 Å². The van der Waals surface area contributed by atoms with Crippen molar-refractivity contribution in [2.24, 2.45) is 0 Å². The normalized spacial score (nSPS) is 10.0. The van der Waals surface area contributed by atoms with Crippen molar-refractivity contribution in [1.29, 1.82) is 0 Å². The van der Waals surface area contributed by atoms with Crippen LogP contribution in [-0.4, -0.2) is 23.0 Å². The van der Waals surface area contributed by atoms with Crippen LogP contribution < -0.4 is 5.32 Å². The minimum Gasteiger partial charge on any atom is -0.464 e. The summed E-state index contributed by atoms with van der Waals surface area (Å²) >= 11 is 0. The lowest BCUT2D eigenvalue weighted by atomic mass is 10.1. The van der Waals surface area contributed by atoms with Gasteiger partial charge in [-0.05, 0) is 18.1 Å². The van der Waals surface area contributed by atoms with Crippen molar-refractivity contribution in [3.05, 3.63) is 53.5 Å². The molecule has 1 aromatic heterocycles. The van der Waals surface area contributed by atoms with E-state index in [1.807, 2.05) is 31.2 Å². The second kappa shape index (κ2) is 5.95. The van der Waals surface area contributed by atoms with Gasteiger partial charge in [-0.15, -0.1) is 0 Å². The van der Waals surface area contributed by atoms with Gasteiger partial charge < -0.3 is 10.1 Å². The number of carbonyl (C=O) groups excluding carboxylic acids is 1. The molecule has 0 amide bonds. The maximum absolute atomic E-state index is 11.3. The summed E-state index contributed by atoms with van der Waals surface area (Å²) in [5, 5.41) is 3.14. The number of ether oxygens (including phenoxy) is 1. The van der Waals surface area contributed by atoms with E-state index in [2.05, 4.69) is 20.0 Å².